The number of rotatable bonds is 3. The average Bonchev–Trinajstić information content (AvgIpc) is 2.27. The number of nitrogens with two attached hydrogens (primary N) is 1. The summed E-state index contributed by atoms with van der Waals surface area (Å²) in [6.07, 6.45) is 1.71. The second-order valence-electron chi connectivity index (χ2n) is 3.43. The SMILES string of the molecule is Cc1cc(N)nc(CSc2ncccc2Cl)n1. The summed E-state index contributed by atoms with van der Waals surface area (Å²) in [5, 5.41) is 1.41. The molecular formula is C11H11ClN4S. The van der Waals surface area contributed by atoms with Crippen molar-refractivity contribution >= 4 is 29.2 Å². The molecule has 2 aromatic heterocycles. The van der Waals surface area contributed by atoms with Gasteiger partial charge < -0.3 is 5.73 Å². The summed E-state index contributed by atoms with van der Waals surface area (Å²) in [5.74, 6) is 1.78. The van der Waals surface area contributed by atoms with E-state index in [9.17, 15) is 0 Å². The maximum atomic E-state index is 6.00. The maximum absolute atomic E-state index is 6.00. The molecular weight excluding hydrogens is 256 g/mol. The lowest BCUT2D eigenvalue weighted by Crippen LogP contribution is -2.00. The van der Waals surface area contributed by atoms with Gasteiger partial charge in [-0.3, -0.25) is 0 Å². The number of hydrogen-bond acceptors (Lipinski definition) is 5. The lowest BCUT2D eigenvalue weighted by molar-refractivity contribution is 0.999. The van der Waals surface area contributed by atoms with Gasteiger partial charge in [0.1, 0.15) is 16.7 Å². The van der Waals surface area contributed by atoms with Crippen LogP contribution >= 0.6 is 23.4 Å². The molecule has 0 aliphatic heterocycles. The molecule has 2 N–H and O–H groups in total. The Morgan fingerprint density at radius 2 is 2.24 bits per heavy atom. The van der Waals surface area contributed by atoms with Crippen LogP contribution in [0.1, 0.15) is 11.5 Å². The third-order valence-electron chi connectivity index (χ3n) is 1.98. The number of aromatic nitrogens is 3. The minimum Gasteiger partial charge on any atom is -0.384 e. The molecule has 0 aliphatic carbocycles. The first-order valence-corrected chi connectivity index (χ1v) is 6.35. The quantitative estimate of drug-likeness (QED) is 0.866. The van der Waals surface area contributed by atoms with Crippen LogP contribution in [-0.2, 0) is 5.75 Å². The molecule has 0 spiro atoms. The van der Waals surface area contributed by atoms with Gasteiger partial charge in [0, 0.05) is 18.0 Å². The van der Waals surface area contributed by atoms with E-state index in [4.69, 9.17) is 17.3 Å². The molecule has 0 saturated carbocycles. The third-order valence-corrected chi connectivity index (χ3v) is 3.40. The van der Waals surface area contributed by atoms with Gasteiger partial charge in [0.25, 0.3) is 0 Å². The normalized spacial score (nSPS) is 10.5. The van der Waals surface area contributed by atoms with Gasteiger partial charge in [0.05, 0.1) is 10.8 Å². The highest BCUT2D eigenvalue weighted by Crippen LogP contribution is 2.26. The van der Waals surface area contributed by atoms with Gasteiger partial charge >= 0.3 is 0 Å². The molecule has 2 rings (SSSR count). The summed E-state index contributed by atoms with van der Waals surface area (Å²) >= 11 is 7.50. The Labute approximate surface area is 109 Å². The Morgan fingerprint density at radius 1 is 1.41 bits per heavy atom. The molecule has 0 fully saturated rings. The standard InChI is InChI=1S/C11H11ClN4S/c1-7-5-9(13)16-10(15-7)6-17-11-8(12)3-2-4-14-11/h2-5H,6H2,1H3,(H2,13,15,16). The number of nitrogen functional groups attached to an aromatic ring is 1. The fraction of sp³-hybridized carbons (Fsp3) is 0.182. The highest BCUT2D eigenvalue weighted by molar-refractivity contribution is 7.98. The van der Waals surface area contributed by atoms with Crippen LogP contribution < -0.4 is 5.73 Å². The molecule has 2 aromatic rings. The molecule has 0 aliphatic rings. The number of hydrogen-bond donors (Lipinski definition) is 1. The van der Waals surface area contributed by atoms with Gasteiger partial charge in [0.2, 0.25) is 0 Å². The lowest BCUT2D eigenvalue weighted by atomic mass is 10.4. The lowest BCUT2D eigenvalue weighted by Gasteiger charge is -2.03. The van der Waals surface area contributed by atoms with E-state index in [1.807, 2.05) is 13.0 Å². The predicted molar refractivity (Wildman–Crippen MR) is 70.0 cm³/mol. The van der Waals surface area contributed by atoms with Crippen LogP contribution in [0.3, 0.4) is 0 Å². The second-order valence-corrected chi connectivity index (χ2v) is 4.80. The van der Waals surface area contributed by atoms with Crippen LogP contribution in [-0.4, -0.2) is 15.0 Å². The van der Waals surface area contributed by atoms with Crippen molar-refractivity contribution in [2.45, 2.75) is 17.7 Å². The zero-order valence-corrected chi connectivity index (χ0v) is 10.8. The highest BCUT2D eigenvalue weighted by Gasteiger charge is 2.05. The van der Waals surface area contributed by atoms with Crippen LogP contribution in [0.15, 0.2) is 29.4 Å². The van der Waals surface area contributed by atoms with E-state index < -0.39 is 0 Å². The molecule has 0 amide bonds. The number of thioether (sulfide) groups is 1. The first-order valence-electron chi connectivity index (χ1n) is 4.98. The molecule has 0 radical (unpaired) electrons. The second kappa shape index (κ2) is 5.33. The zero-order chi connectivity index (χ0) is 12.3. The first-order chi connectivity index (χ1) is 8.15. The summed E-state index contributed by atoms with van der Waals surface area (Å²) in [6, 6.07) is 5.35. The zero-order valence-electron chi connectivity index (χ0n) is 9.22. The first kappa shape index (κ1) is 12.1. The van der Waals surface area contributed by atoms with Crippen molar-refractivity contribution in [2.24, 2.45) is 0 Å². The Kier molecular flexibility index (Phi) is 3.81. The van der Waals surface area contributed by atoms with Crippen molar-refractivity contribution in [3.8, 4) is 0 Å². The molecule has 0 atom stereocenters. The Balaban J connectivity index is 2.10. The van der Waals surface area contributed by atoms with Crippen molar-refractivity contribution in [3.05, 3.63) is 40.9 Å². The van der Waals surface area contributed by atoms with Gasteiger partial charge in [-0.25, -0.2) is 15.0 Å². The number of halogens is 1. The molecule has 0 aromatic carbocycles. The molecule has 4 nitrogen and oxygen atoms in total. The van der Waals surface area contributed by atoms with Crippen molar-refractivity contribution in [1.82, 2.24) is 15.0 Å². The molecule has 88 valence electrons. The monoisotopic (exact) mass is 266 g/mol. The minimum atomic E-state index is 0.486. The molecule has 6 heteroatoms. The number of pyridine rings is 1. The van der Waals surface area contributed by atoms with E-state index in [1.165, 1.54) is 11.8 Å². The summed E-state index contributed by atoms with van der Waals surface area (Å²) in [6.45, 7) is 1.89. The Bertz CT molecular complexity index is 512. The number of aryl methyl sites for hydroxylation is 1. The maximum Gasteiger partial charge on any atom is 0.141 e. The van der Waals surface area contributed by atoms with Gasteiger partial charge in [-0.15, -0.1) is 0 Å². The van der Waals surface area contributed by atoms with Crippen molar-refractivity contribution in [3.63, 3.8) is 0 Å². The van der Waals surface area contributed by atoms with E-state index in [-0.39, 0.29) is 0 Å². The summed E-state index contributed by atoms with van der Waals surface area (Å²) < 4.78 is 0. The molecule has 17 heavy (non-hydrogen) atoms. The summed E-state index contributed by atoms with van der Waals surface area (Å²) in [4.78, 5) is 12.6. The van der Waals surface area contributed by atoms with E-state index in [0.29, 0.717) is 22.4 Å². The van der Waals surface area contributed by atoms with E-state index >= 15 is 0 Å². The summed E-state index contributed by atoms with van der Waals surface area (Å²) in [5.41, 5.74) is 6.52. The van der Waals surface area contributed by atoms with E-state index in [2.05, 4.69) is 15.0 Å². The largest absolute Gasteiger partial charge is 0.384 e. The molecule has 0 saturated heterocycles. The molecule has 0 bridgehead atoms. The van der Waals surface area contributed by atoms with Crippen LogP contribution in [0.4, 0.5) is 5.82 Å². The summed E-state index contributed by atoms with van der Waals surface area (Å²) in [7, 11) is 0. The van der Waals surface area contributed by atoms with Gasteiger partial charge in [-0.05, 0) is 19.1 Å². The third kappa shape index (κ3) is 3.31. The van der Waals surface area contributed by atoms with Crippen molar-refractivity contribution in [1.29, 1.82) is 0 Å². The van der Waals surface area contributed by atoms with Crippen LogP contribution in [0.25, 0.3) is 0 Å². The predicted octanol–water partition coefficient (Wildman–Crippen LogP) is 2.71. The topological polar surface area (TPSA) is 64.7 Å². The highest BCUT2D eigenvalue weighted by atomic mass is 35.5. The molecule has 0 unspecified atom stereocenters. The smallest absolute Gasteiger partial charge is 0.141 e. The van der Waals surface area contributed by atoms with Crippen LogP contribution in [0.2, 0.25) is 5.02 Å². The average molecular weight is 267 g/mol. The minimum absolute atomic E-state index is 0.486. The Hall–Kier alpha value is -1.33. The van der Waals surface area contributed by atoms with Crippen molar-refractivity contribution < 1.29 is 0 Å². The molecule has 2 heterocycles. The van der Waals surface area contributed by atoms with Gasteiger partial charge in [-0.1, -0.05) is 23.4 Å². The van der Waals surface area contributed by atoms with Gasteiger partial charge in [0.15, 0.2) is 0 Å². The van der Waals surface area contributed by atoms with E-state index in [1.54, 1.807) is 18.3 Å². The Morgan fingerprint density at radius 3 is 2.94 bits per heavy atom. The fourth-order valence-corrected chi connectivity index (χ4v) is 2.35. The van der Waals surface area contributed by atoms with Crippen LogP contribution in [0, 0.1) is 6.92 Å². The van der Waals surface area contributed by atoms with E-state index in [0.717, 1.165) is 10.7 Å². The van der Waals surface area contributed by atoms with Crippen molar-refractivity contribution in [2.75, 3.05) is 5.73 Å². The van der Waals surface area contributed by atoms with Crippen LogP contribution in [0.5, 0.6) is 0 Å². The number of anilines is 1. The fourth-order valence-electron chi connectivity index (χ4n) is 1.33. The number of nitrogens with zero attached hydrogens (tertiary/aromatic N) is 3. The van der Waals surface area contributed by atoms with Gasteiger partial charge in [-0.2, -0.15) is 0 Å².